The van der Waals surface area contributed by atoms with Gasteiger partial charge >= 0.3 is 11.9 Å². The highest BCUT2D eigenvalue weighted by molar-refractivity contribution is 6.12. The lowest BCUT2D eigenvalue weighted by molar-refractivity contribution is -0.151. The molecule has 0 bridgehead atoms. The summed E-state index contributed by atoms with van der Waals surface area (Å²) in [6, 6.07) is 7.38. The highest BCUT2D eigenvalue weighted by Crippen LogP contribution is 2.46. The average molecular weight is 456 g/mol. The molecule has 4 atom stereocenters. The summed E-state index contributed by atoms with van der Waals surface area (Å²) in [6.45, 7) is 9.83. The van der Waals surface area contributed by atoms with E-state index in [1.165, 1.54) is 7.11 Å². The van der Waals surface area contributed by atoms with Crippen molar-refractivity contribution in [3.05, 3.63) is 52.4 Å². The predicted molar refractivity (Wildman–Crippen MR) is 123 cm³/mol. The van der Waals surface area contributed by atoms with Crippen LogP contribution in [0.5, 0.6) is 5.75 Å². The summed E-state index contributed by atoms with van der Waals surface area (Å²) < 4.78 is 16.3. The van der Waals surface area contributed by atoms with E-state index in [0.29, 0.717) is 42.0 Å². The van der Waals surface area contributed by atoms with E-state index in [1.807, 2.05) is 58.9 Å². The van der Waals surface area contributed by atoms with Crippen molar-refractivity contribution in [2.45, 2.75) is 59.5 Å². The first-order valence-corrected chi connectivity index (χ1v) is 11.5. The Labute approximate surface area is 195 Å². The van der Waals surface area contributed by atoms with Gasteiger partial charge in [0.15, 0.2) is 5.78 Å². The second-order valence-electron chi connectivity index (χ2n) is 8.67. The number of Topliss-reactive ketones (excluding diaryl/α,β-unsaturated/α-hetero) is 1. The first-order chi connectivity index (χ1) is 15.7. The number of ketones is 1. The molecule has 0 radical (unpaired) electrons. The standard InChI is InChI=1S/C26H33NO6/c1-7-15(4)33-26(30)21-16(5)27-19-12-14(3)20(25(29)31-6)24(28)23(19)22(21)17-10-9-11-18(13-17)32-8-2/h9-11,13-15,20,22,27H,7-8,12H2,1-6H3/t14-,15+,20-,22-/m1/s1. The van der Waals surface area contributed by atoms with E-state index in [9.17, 15) is 14.4 Å². The zero-order chi connectivity index (χ0) is 24.3. The lowest BCUT2D eigenvalue weighted by Crippen LogP contribution is -2.43. The minimum absolute atomic E-state index is 0.229. The largest absolute Gasteiger partial charge is 0.494 e. The van der Waals surface area contributed by atoms with Crippen LogP contribution in [-0.2, 0) is 23.9 Å². The number of carbonyl (C=O) groups excluding carboxylic acids is 3. The predicted octanol–water partition coefficient (Wildman–Crippen LogP) is 4.04. The fourth-order valence-electron chi connectivity index (χ4n) is 4.56. The van der Waals surface area contributed by atoms with E-state index in [2.05, 4.69) is 5.32 Å². The Balaban J connectivity index is 2.17. The molecule has 1 aromatic rings. The molecule has 7 heteroatoms. The molecule has 1 aliphatic heterocycles. The van der Waals surface area contributed by atoms with Crippen LogP contribution in [0.2, 0.25) is 0 Å². The average Bonchev–Trinajstić information content (AvgIpc) is 2.78. The zero-order valence-electron chi connectivity index (χ0n) is 20.2. The molecule has 1 aromatic carbocycles. The van der Waals surface area contributed by atoms with Crippen LogP contribution < -0.4 is 10.1 Å². The molecule has 7 nitrogen and oxygen atoms in total. The van der Waals surface area contributed by atoms with Crippen LogP contribution in [0, 0.1) is 11.8 Å². The number of nitrogens with one attached hydrogen (secondary N) is 1. The fourth-order valence-corrected chi connectivity index (χ4v) is 4.56. The second kappa shape index (κ2) is 10.2. The molecular weight excluding hydrogens is 422 g/mol. The van der Waals surface area contributed by atoms with Crippen LogP contribution in [0.15, 0.2) is 46.8 Å². The van der Waals surface area contributed by atoms with Crippen LogP contribution in [-0.4, -0.2) is 37.5 Å². The Morgan fingerprint density at radius 1 is 1.24 bits per heavy atom. The van der Waals surface area contributed by atoms with Gasteiger partial charge in [-0.3, -0.25) is 9.59 Å². The number of carbonyl (C=O) groups is 3. The summed E-state index contributed by atoms with van der Waals surface area (Å²) in [5.41, 5.74) is 2.90. The lowest BCUT2D eigenvalue weighted by Gasteiger charge is -2.38. The number of methoxy groups -OCH3 is 1. The van der Waals surface area contributed by atoms with Gasteiger partial charge in [0.1, 0.15) is 11.7 Å². The van der Waals surface area contributed by atoms with Crippen LogP contribution >= 0.6 is 0 Å². The Hall–Kier alpha value is -3.09. The highest BCUT2D eigenvalue weighted by Gasteiger charge is 2.47. The molecule has 0 spiro atoms. The van der Waals surface area contributed by atoms with Crippen molar-refractivity contribution in [3.8, 4) is 5.75 Å². The molecule has 2 aliphatic rings. The third-order valence-electron chi connectivity index (χ3n) is 6.35. The number of hydrogen-bond donors (Lipinski definition) is 1. The third kappa shape index (κ3) is 4.82. The van der Waals surface area contributed by atoms with Crippen molar-refractivity contribution in [1.82, 2.24) is 5.32 Å². The number of allylic oxidation sites excluding steroid dienone is 3. The van der Waals surface area contributed by atoms with Crippen molar-refractivity contribution in [2.75, 3.05) is 13.7 Å². The summed E-state index contributed by atoms with van der Waals surface area (Å²) in [6.07, 6.45) is 0.895. The Morgan fingerprint density at radius 2 is 1.97 bits per heavy atom. The number of dihydropyridines is 1. The summed E-state index contributed by atoms with van der Waals surface area (Å²) in [7, 11) is 1.29. The van der Waals surface area contributed by atoms with Gasteiger partial charge in [-0.05, 0) is 57.2 Å². The maximum absolute atomic E-state index is 13.7. The minimum Gasteiger partial charge on any atom is -0.494 e. The molecule has 3 rings (SSSR count). The van der Waals surface area contributed by atoms with Gasteiger partial charge in [0.2, 0.25) is 0 Å². The molecule has 0 saturated heterocycles. The van der Waals surface area contributed by atoms with E-state index in [0.717, 1.165) is 11.3 Å². The Kier molecular flexibility index (Phi) is 7.61. The molecule has 0 fully saturated rings. The molecule has 0 aromatic heterocycles. The SMILES string of the molecule is CCOc1cccc([C@@H]2C(C(=O)O[C@@H](C)CC)=C(C)NC3=C2C(=O)[C@H](C(=O)OC)[C@H](C)C3)c1. The van der Waals surface area contributed by atoms with Crippen molar-refractivity contribution in [3.63, 3.8) is 0 Å². The second-order valence-corrected chi connectivity index (χ2v) is 8.67. The summed E-state index contributed by atoms with van der Waals surface area (Å²) >= 11 is 0. The van der Waals surface area contributed by atoms with E-state index >= 15 is 0 Å². The molecule has 0 unspecified atom stereocenters. The van der Waals surface area contributed by atoms with Gasteiger partial charge < -0.3 is 19.5 Å². The Bertz CT molecular complexity index is 1010. The summed E-state index contributed by atoms with van der Waals surface area (Å²) in [4.78, 5) is 39.5. The van der Waals surface area contributed by atoms with Gasteiger partial charge in [-0.25, -0.2) is 4.79 Å². The molecule has 178 valence electrons. The number of hydrogen-bond acceptors (Lipinski definition) is 7. The van der Waals surface area contributed by atoms with Gasteiger partial charge in [-0.15, -0.1) is 0 Å². The van der Waals surface area contributed by atoms with Crippen LogP contribution in [0.1, 0.15) is 58.9 Å². The molecule has 0 amide bonds. The third-order valence-corrected chi connectivity index (χ3v) is 6.35. The molecular formula is C26H33NO6. The maximum Gasteiger partial charge on any atom is 0.337 e. The smallest absolute Gasteiger partial charge is 0.337 e. The zero-order valence-corrected chi connectivity index (χ0v) is 20.2. The van der Waals surface area contributed by atoms with E-state index in [4.69, 9.17) is 14.2 Å². The quantitative estimate of drug-likeness (QED) is 0.490. The Morgan fingerprint density at radius 3 is 2.61 bits per heavy atom. The summed E-state index contributed by atoms with van der Waals surface area (Å²) in [5, 5.41) is 3.27. The fraction of sp³-hybridized carbons (Fsp3) is 0.500. The van der Waals surface area contributed by atoms with Crippen molar-refractivity contribution >= 4 is 17.7 Å². The van der Waals surface area contributed by atoms with E-state index in [-0.39, 0.29) is 17.8 Å². The molecule has 33 heavy (non-hydrogen) atoms. The summed E-state index contributed by atoms with van der Waals surface area (Å²) in [5.74, 6) is -2.54. The normalized spacial score (nSPS) is 23.5. The molecule has 1 aliphatic carbocycles. The van der Waals surface area contributed by atoms with E-state index < -0.39 is 23.8 Å². The van der Waals surface area contributed by atoms with Crippen LogP contribution in [0.4, 0.5) is 0 Å². The lowest BCUT2D eigenvalue weighted by atomic mass is 9.69. The molecule has 0 saturated carbocycles. The topological polar surface area (TPSA) is 90.9 Å². The first-order valence-electron chi connectivity index (χ1n) is 11.5. The van der Waals surface area contributed by atoms with Crippen molar-refractivity contribution in [1.29, 1.82) is 0 Å². The monoisotopic (exact) mass is 455 g/mol. The number of benzene rings is 1. The van der Waals surface area contributed by atoms with Gasteiger partial charge in [0.25, 0.3) is 0 Å². The molecule has 1 N–H and O–H groups in total. The van der Waals surface area contributed by atoms with Gasteiger partial charge in [-0.2, -0.15) is 0 Å². The number of ether oxygens (including phenoxy) is 3. The maximum atomic E-state index is 13.7. The van der Waals surface area contributed by atoms with Crippen LogP contribution in [0.3, 0.4) is 0 Å². The molecule has 1 heterocycles. The van der Waals surface area contributed by atoms with Crippen molar-refractivity contribution < 1.29 is 28.6 Å². The highest BCUT2D eigenvalue weighted by atomic mass is 16.5. The minimum atomic E-state index is -0.918. The van der Waals surface area contributed by atoms with Gasteiger partial charge in [0.05, 0.1) is 25.4 Å². The number of esters is 2. The van der Waals surface area contributed by atoms with Gasteiger partial charge in [-0.1, -0.05) is 26.0 Å². The van der Waals surface area contributed by atoms with Gasteiger partial charge in [0, 0.05) is 22.9 Å². The van der Waals surface area contributed by atoms with Crippen molar-refractivity contribution in [2.24, 2.45) is 11.8 Å². The number of rotatable bonds is 7. The first kappa shape index (κ1) is 24.6. The van der Waals surface area contributed by atoms with E-state index in [1.54, 1.807) is 0 Å². The van der Waals surface area contributed by atoms with Crippen LogP contribution in [0.25, 0.3) is 0 Å².